The number of rotatable bonds is 2. The Kier molecular flexibility index (Phi) is 7.85. The molecule has 0 radical (unpaired) electrons. The SMILES string of the molecule is C=Cc1nc(C(=O)N2Cc3ccc(C#N)n3C(C)C2)[nH]c1C.CC.CC. The number of aromatic amines is 1. The summed E-state index contributed by atoms with van der Waals surface area (Å²) in [5.74, 6) is 0.203. The van der Waals surface area contributed by atoms with Crippen LogP contribution in [0.5, 0.6) is 0 Å². The average molecular weight is 355 g/mol. The van der Waals surface area contributed by atoms with E-state index in [1.807, 2.05) is 52.2 Å². The molecule has 6 heteroatoms. The van der Waals surface area contributed by atoms with Crippen LogP contribution in [0.3, 0.4) is 0 Å². The number of nitrogens with one attached hydrogen (secondary N) is 1. The van der Waals surface area contributed by atoms with Gasteiger partial charge in [-0.1, -0.05) is 34.3 Å². The van der Waals surface area contributed by atoms with Crippen LogP contribution in [-0.2, 0) is 6.54 Å². The Hall–Kier alpha value is -2.81. The standard InChI is InChI=1S/C16H17N5O.2C2H6/c1-4-14-11(3)18-15(19-14)16(22)20-8-10(2)21-12(7-17)5-6-13(21)9-20;2*1-2/h4-6,10H,1,8-9H2,2-3H3,(H,18,19);2*1-2H3. The number of carbonyl (C=O) groups is 1. The zero-order chi connectivity index (χ0) is 19.9. The van der Waals surface area contributed by atoms with Crippen molar-refractivity contribution in [2.45, 2.75) is 54.1 Å². The normalized spacial score (nSPS) is 14.8. The maximum Gasteiger partial charge on any atom is 0.290 e. The Morgan fingerprint density at radius 1 is 1.38 bits per heavy atom. The van der Waals surface area contributed by atoms with Crippen LogP contribution in [0.1, 0.15) is 74.1 Å². The largest absolute Gasteiger partial charge is 0.337 e. The molecule has 0 fully saturated rings. The molecule has 6 nitrogen and oxygen atoms in total. The first kappa shape index (κ1) is 21.2. The van der Waals surface area contributed by atoms with E-state index in [1.165, 1.54) is 0 Å². The van der Waals surface area contributed by atoms with Gasteiger partial charge < -0.3 is 14.5 Å². The molecule has 0 spiro atoms. The number of carbonyl (C=O) groups excluding carboxylic acids is 1. The first-order valence-electron chi connectivity index (χ1n) is 9.13. The van der Waals surface area contributed by atoms with Gasteiger partial charge in [-0.2, -0.15) is 5.26 Å². The lowest BCUT2D eigenvalue weighted by Gasteiger charge is -2.33. The quantitative estimate of drug-likeness (QED) is 0.872. The van der Waals surface area contributed by atoms with Gasteiger partial charge in [0.1, 0.15) is 11.8 Å². The second-order valence-electron chi connectivity index (χ2n) is 5.53. The Morgan fingerprint density at radius 3 is 2.58 bits per heavy atom. The zero-order valence-corrected chi connectivity index (χ0v) is 16.6. The molecule has 1 N–H and O–H groups in total. The van der Waals surface area contributed by atoms with E-state index < -0.39 is 0 Å². The van der Waals surface area contributed by atoms with Crippen molar-refractivity contribution < 1.29 is 4.79 Å². The van der Waals surface area contributed by atoms with Gasteiger partial charge in [-0.05, 0) is 32.1 Å². The first-order chi connectivity index (χ1) is 12.5. The summed E-state index contributed by atoms with van der Waals surface area (Å²) in [7, 11) is 0. The molecule has 3 rings (SSSR count). The van der Waals surface area contributed by atoms with Gasteiger partial charge in [0.25, 0.3) is 5.91 Å². The molecule has 3 heterocycles. The summed E-state index contributed by atoms with van der Waals surface area (Å²) in [6, 6.07) is 5.95. The minimum Gasteiger partial charge on any atom is -0.337 e. The van der Waals surface area contributed by atoms with Gasteiger partial charge in [-0.3, -0.25) is 4.79 Å². The van der Waals surface area contributed by atoms with Crippen molar-refractivity contribution in [3.05, 3.63) is 47.3 Å². The summed E-state index contributed by atoms with van der Waals surface area (Å²) in [6.45, 7) is 16.6. The van der Waals surface area contributed by atoms with Gasteiger partial charge in [-0.25, -0.2) is 4.98 Å². The van der Waals surface area contributed by atoms with Gasteiger partial charge >= 0.3 is 0 Å². The summed E-state index contributed by atoms with van der Waals surface area (Å²) >= 11 is 0. The smallest absolute Gasteiger partial charge is 0.290 e. The molecule has 0 aliphatic carbocycles. The number of imidazole rings is 1. The second kappa shape index (κ2) is 9.62. The number of hydrogen-bond acceptors (Lipinski definition) is 3. The molecule has 0 bridgehead atoms. The molecular formula is C20H29N5O. The van der Waals surface area contributed by atoms with E-state index in [2.05, 4.69) is 22.6 Å². The van der Waals surface area contributed by atoms with Crippen molar-refractivity contribution in [2.75, 3.05) is 6.54 Å². The van der Waals surface area contributed by atoms with Crippen molar-refractivity contribution in [3.63, 3.8) is 0 Å². The predicted molar refractivity (Wildman–Crippen MR) is 105 cm³/mol. The Bertz CT molecular complexity index is 794. The molecular weight excluding hydrogens is 326 g/mol. The highest BCUT2D eigenvalue weighted by atomic mass is 16.2. The van der Waals surface area contributed by atoms with Crippen LogP contribution in [0.4, 0.5) is 0 Å². The van der Waals surface area contributed by atoms with E-state index in [1.54, 1.807) is 17.0 Å². The van der Waals surface area contributed by atoms with Gasteiger partial charge in [0.2, 0.25) is 0 Å². The first-order valence-corrected chi connectivity index (χ1v) is 9.13. The second-order valence-corrected chi connectivity index (χ2v) is 5.53. The molecule has 0 saturated heterocycles. The van der Waals surface area contributed by atoms with Crippen molar-refractivity contribution in [1.29, 1.82) is 5.26 Å². The summed E-state index contributed by atoms with van der Waals surface area (Å²) in [5.41, 5.74) is 3.13. The number of amides is 1. The third-order valence-electron chi connectivity index (χ3n) is 4.00. The van der Waals surface area contributed by atoms with Crippen LogP contribution in [0.2, 0.25) is 0 Å². The molecule has 26 heavy (non-hydrogen) atoms. The van der Waals surface area contributed by atoms with Crippen molar-refractivity contribution in [2.24, 2.45) is 0 Å². The van der Waals surface area contributed by atoms with E-state index in [0.29, 0.717) is 30.3 Å². The van der Waals surface area contributed by atoms with Crippen molar-refractivity contribution in [3.8, 4) is 6.07 Å². The number of aromatic nitrogens is 3. The fraction of sp³-hybridized carbons (Fsp3) is 0.450. The summed E-state index contributed by atoms with van der Waals surface area (Å²) in [5, 5.41) is 9.14. The maximum atomic E-state index is 12.6. The number of H-pyrrole nitrogens is 1. The molecule has 1 atom stereocenters. The number of aryl methyl sites for hydroxylation is 1. The fourth-order valence-corrected chi connectivity index (χ4v) is 2.97. The molecule has 2 aromatic rings. The van der Waals surface area contributed by atoms with E-state index >= 15 is 0 Å². The molecule has 140 valence electrons. The third kappa shape index (κ3) is 4.05. The molecule has 1 unspecified atom stereocenters. The number of nitrogens with zero attached hydrogens (tertiary/aromatic N) is 4. The highest BCUT2D eigenvalue weighted by Crippen LogP contribution is 2.25. The van der Waals surface area contributed by atoms with Crippen molar-refractivity contribution in [1.82, 2.24) is 19.4 Å². The molecule has 1 aliphatic heterocycles. The van der Waals surface area contributed by atoms with Crippen LogP contribution >= 0.6 is 0 Å². The van der Waals surface area contributed by atoms with Gasteiger partial charge in [0.05, 0.1) is 12.2 Å². The lowest BCUT2D eigenvalue weighted by molar-refractivity contribution is 0.0673. The molecule has 1 amide bonds. The van der Waals surface area contributed by atoms with E-state index in [0.717, 1.165) is 11.4 Å². The van der Waals surface area contributed by atoms with Crippen LogP contribution in [0.25, 0.3) is 6.08 Å². The summed E-state index contributed by atoms with van der Waals surface area (Å²) < 4.78 is 1.99. The van der Waals surface area contributed by atoms with E-state index in [9.17, 15) is 4.79 Å². The predicted octanol–water partition coefficient (Wildman–Crippen LogP) is 4.30. The van der Waals surface area contributed by atoms with E-state index in [-0.39, 0.29) is 11.9 Å². The number of fused-ring (bicyclic) bond motifs is 1. The van der Waals surface area contributed by atoms with Crippen molar-refractivity contribution >= 4 is 12.0 Å². The maximum absolute atomic E-state index is 12.6. The van der Waals surface area contributed by atoms with Crippen LogP contribution in [0.15, 0.2) is 18.7 Å². The Balaban J connectivity index is 0.000000791. The minimum absolute atomic E-state index is 0.0623. The fourth-order valence-electron chi connectivity index (χ4n) is 2.97. The Morgan fingerprint density at radius 2 is 2.04 bits per heavy atom. The minimum atomic E-state index is -0.131. The average Bonchev–Trinajstić information content (AvgIpc) is 3.27. The highest BCUT2D eigenvalue weighted by Gasteiger charge is 2.29. The van der Waals surface area contributed by atoms with Crippen LogP contribution in [0, 0.1) is 18.3 Å². The van der Waals surface area contributed by atoms with Crippen LogP contribution in [-0.4, -0.2) is 31.9 Å². The number of nitriles is 1. The lowest BCUT2D eigenvalue weighted by atomic mass is 10.2. The van der Waals surface area contributed by atoms with Gasteiger partial charge in [0, 0.05) is 24.0 Å². The lowest BCUT2D eigenvalue weighted by Crippen LogP contribution is -2.40. The molecule has 1 aliphatic rings. The summed E-state index contributed by atoms with van der Waals surface area (Å²) in [6.07, 6.45) is 1.63. The monoisotopic (exact) mass is 355 g/mol. The van der Waals surface area contributed by atoms with Gasteiger partial charge in [-0.15, -0.1) is 0 Å². The van der Waals surface area contributed by atoms with E-state index in [4.69, 9.17) is 5.26 Å². The molecule has 2 aromatic heterocycles. The highest BCUT2D eigenvalue weighted by molar-refractivity contribution is 5.91. The molecule has 0 saturated carbocycles. The van der Waals surface area contributed by atoms with Gasteiger partial charge in [0.15, 0.2) is 5.82 Å². The topological polar surface area (TPSA) is 77.7 Å². The molecule has 0 aromatic carbocycles. The Labute approximate surface area is 156 Å². The van der Waals surface area contributed by atoms with Crippen LogP contribution < -0.4 is 0 Å². The zero-order valence-electron chi connectivity index (χ0n) is 16.6. The third-order valence-corrected chi connectivity index (χ3v) is 4.00. The number of hydrogen-bond donors (Lipinski definition) is 1. The summed E-state index contributed by atoms with van der Waals surface area (Å²) in [4.78, 5) is 21.7.